The van der Waals surface area contributed by atoms with E-state index >= 15 is 0 Å². The van der Waals surface area contributed by atoms with E-state index in [0.717, 1.165) is 16.7 Å². The van der Waals surface area contributed by atoms with Crippen LogP contribution in [0.2, 0.25) is 0 Å². The highest BCUT2D eigenvalue weighted by Crippen LogP contribution is 2.29. The molecule has 98 valence electrons. The largest absolute Gasteiger partial charge is 0.507 e. The first-order valence-electron chi connectivity index (χ1n) is 5.61. The van der Waals surface area contributed by atoms with Crippen LogP contribution in [0.5, 0.6) is 5.75 Å². The van der Waals surface area contributed by atoms with Gasteiger partial charge < -0.3 is 15.5 Å². The van der Waals surface area contributed by atoms with Crippen LogP contribution >= 0.6 is 15.9 Å². The van der Waals surface area contributed by atoms with E-state index in [-0.39, 0.29) is 12.3 Å². The lowest BCUT2D eigenvalue weighted by Crippen LogP contribution is -2.19. The van der Waals surface area contributed by atoms with Gasteiger partial charge in [0, 0.05) is 6.54 Å². The van der Waals surface area contributed by atoms with Crippen molar-refractivity contribution in [1.82, 2.24) is 5.32 Å². The molecule has 2 aromatic rings. The standard InChI is InChI=1S/C14H12BrNO3/c15-12-7-11(5-6-13(12)17)10-3-1-9(2-4-10)8-16-14(18)19/h1-7,16-17H,8H2,(H,18,19). The Bertz CT molecular complexity index is 596. The van der Waals surface area contributed by atoms with Gasteiger partial charge in [-0.15, -0.1) is 0 Å². The Morgan fingerprint density at radius 1 is 1.11 bits per heavy atom. The fourth-order valence-corrected chi connectivity index (χ4v) is 2.06. The third-order valence-corrected chi connectivity index (χ3v) is 3.31. The smallest absolute Gasteiger partial charge is 0.404 e. The average molecular weight is 322 g/mol. The molecule has 19 heavy (non-hydrogen) atoms. The van der Waals surface area contributed by atoms with Crippen molar-refractivity contribution in [1.29, 1.82) is 0 Å². The Hall–Kier alpha value is -2.01. The summed E-state index contributed by atoms with van der Waals surface area (Å²) in [5, 5.41) is 20.3. The van der Waals surface area contributed by atoms with Gasteiger partial charge >= 0.3 is 6.09 Å². The number of carbonyl (C=O) groups is 1. The van der Waals surface area contributed by atoms with E-state index < -0.39 is 6.09 Å². The maximum Gasteiger partial charge on any atom is 0.404 e. The Morgan fingerprint density at radius 2 is 1.74 bits per heavy atom. The van der Waals surface area contributed by atoms with E-state index in [1.54, 1.807) is 6.07 Å². The SMILES string of the molecule is O=C(O)NCc1ccc(-c2ccc(O)c(Br)c2)cc1. The van der Waals surface area contributed by atoms with E-state index in [4.69, 9.17) is 5.11 Å². The molecule has 0 aromatic heterocycles. The van der Waals surface area contributed by atoms with Crippen molar-refractivity contribution in [3.05, 3.63) is 52.5 Å². The first kappa shape index (κ1) is 13.4. The number of rotatable bonds is 3. The van der Waals surface area contributed by atoms with Gasteiger partial charge in [0.15, 0.2) is 0 Å². The van der Waals surface area contributed by atoms with E-state index in [2.05, 4.69) is 21.2 Å². The lowest BCUT2D eigenvalue weighted by Gasteiger charge is -2.06. The summed E-state index contributed by atoms with van der Waals surface area (Å²) in [5.74, 6) is 0.200. The average Bonchev–Trinajstić information content (AvgIpc) is 2.40. The maximum absolute atomic E-state index is 10.4. The van der Waals surface area contributed by atoms with Crippen LogP contribution < -0.4 is 5.32 Å². The molecule has 0 aliphatic rings. The molecule has 1 amide bonds. The molecule has 0 saturated carbocycles. The molecule has 2 rings (SSSR count). The molecule has 0 radical (unpaired) electrons. The number of nitrogens with one attached hydrogen (secondary N) is 1. The normalized spacial score (nSPS) is 10.2. The van der Waals surface area contributed by atoms with Crippen LogP contribution in [0.3, 0.4) is 0 Å². The van der Waals surface area contributed by atoms with Gasteiger partial charge in [-0.25, -0.2) is 4.79 Å². The first-order chi connectivity index (χ1) is 9.06. The second kappa shape index (κ2) is 5.75. The van der Waals surface area contributed by atoms with Gasteiger partial charge in [-0.05, 0) is 44.8 Å². The summed E-state index contributed by atoms with van der Waals surface area (Å²) in [6.45, 7) is 0.287. The Kier molecular flexibility index (Phi) is 4.06. The molecule has 0 aliphatic heterocycles. The van der Waals surface area contributed by atoms with Crippen molar-refractivity contribution in [3.8, 4) is 16.9 Å². The Balaban J connectivity index is 2.17. The van der Waals surface area contributed by atoms with Crippen LogP contribution in [0, 0.1) is 0 Å². The molecule has 0 spiro atoms. The van der Waals surface area contributed by atoms with Crippen molar-refractivity contribution in [2.45, 2.75) is 6.54 Å². The molecule has 0 saturated heterocycles. The molecule has 4 nitrogen and oxygen atoms in total. The number of hydrogen-bond acceptors (Lipinski definition) is 2. The number of phenols is 1. The highest BCUT2D eigenvalue weighted by molar-refractivity contribution is 9.10. The number of benzene rings is 2. The van der Waals surface area contributed by atoms with Gasteiger partial charge in [-0.2, -0.15) is 0 Å². The van der Waals surface area contributed by atoms with Crippen molar-refractivity contribution >= 4 is 22.0 Å². The predicted molar refractivity (Wildman–Crippen MR) is 76.1 cm³/mol. The van der Waals surface area contributed by atoms with Crippen molar-refractivity contribution in [2.75, 3.05) is 0 Å². The predicted octanol–water partition coefficient (Wildman–Crippen LogP) is 3.59. The lowest BCUT2D eigenvalue weighted by molar-refractivity contribution is 0.194. The summed E-state index contributed by atoms with van der Waals surface area (Å²) in [6.07, 6.45) is -1.04. The topological polar surface area (TPSA) is 69.6 Å². The number of phenolic OH excluding ortho intramolecular Hbond substituents is 1. The quantitative estimate of drug-likeness (QED) is 0.809. The van der Waals surface area contributed by atoms with E-state index in [1.165, 1.54) is 0 Å². The number of hydrogen-bond donors (Lipinski definition) is 3. The van der Waals surface area contributed by atoms with Crippen LogP contribution in [0.25, 0.3) is 11.1 Å². The van der Waals surface area contributed by atoms with Crippen LogP contribution in [0.1, 0.15) is 5.56 Å². The number of aromatic hydroxyl groups is 1. The molecule has 0 bridgehead atoms. The molecule has 0 unspecified atom stereocenters. The van der Waals surface area contributed by atoms with Crippen LogP contribution in [-0.4, -0.2) is 16.3 Å². The molecule has 2 aromatic carbocycles. The fourth-order valence-electron chi connectivity index (χ4n) is 1.68. The van der Waals surface area contributed by atoms with E-state index in [9.17, 15) is 9.90 Å². The summed E-state index contributed by atoms with van der Waals surface area (Å²) >= 11 is 3.27. The van der Waals surface area contributed by atoms with Crippen molar-refractivity contribution in [3.63, 3.8) is 0 Å². The minimum absolute atomic E-state index is 0.200. The van der Waals surface area contributed by atoms with Gasteiger partial charge in [0.05, 0.1) is 4.47 Å². The fraction of sp³-hybridized carbons (Fsp3) is 0.0714. The van der Waals surface area contributed by atoms with Crippen molar-refractivity contribution < 1.29 is 15.0 Å². The van der Waals surface area contributed by atoms with Gasteiger partial charge in [0.25, 0.3) is 0 Å². The van der Waals surface area contributed by atoms with Crippen molar-refractivity contribution in [2.24, 2.45) is 0 Å². The summed E-state index contributed by atoms with van der Waals surface area (Å²) in [4.78, 5) is 10.4. The highest BCUT2D eigenvalue weighted by atomic mass is 79.9. The summed E-state index contributed by atoms with van der Waals surface area (Å²) in [7, 11) is 0. The second-order valence-corrected chi connectivity index (χ2v) is 4.88. The monoisotopic (exact) mass is 321 g/mol. The second-order valence-electron chi connectivity index (χ2n) is 4.02. The third-order valence-electron chi connectivity index (χ3n) is 2.68. The van der Waals surface area contributed by atoms with Gasteiger partial charge in [-0.1, -0.05) is 30.3 Å². The molecule has 5 heteroatoms. The van der Waals surface area contributed by atoms with Crippen LogP contribution in [-0.2, 0) is 6.54 Å². The Labute approximate surface area is 118 Å². The summed E-state index contributed by atoms with van der Waals surface area (Å²) < 4.78 is 0.640. The molecule has 0 heterocycles. The highest BCUT2D eigenvalue weighted by Gasteiger charge is 2.03. The molecule has 0 fully saturated rings. The van der Waals surface area contributed by atoms with Crippen LogP contribution in [0.15, 0.2) is 46.9 Å². The molecule has 3 N–H and O–H groups in total. The van der Waals surface area contributed by atoms with Gasteiger partial charge in [0.1, 0.15) is 5.75 Å². The zero-order valence-electron chi connectivity index (χ0n) is 9.93. The maximum atomic E-state index is 10.4. The van der Waals surface area contributed by atoms with E-state index in [1.807, 2.05) is 36.4 Å². The molecule has 0 aliphatic carbocycles. The molecular formula is C14H12BrNO3. The molecule has 0 atom stereocenters. The van der Waals surface area contributed by atoms with E-state index in [0.29, 0.717) is 4.47 Å². The first-order valence-corrected chi connectivity index (χ1v) is 6.40. The molecular weight excluding hydrogens is 310 g/mol. The minimum Gasteiger partial charge on any atom is -0.507 e. The lowest BCUT2D eigenvalue weighted by atomic mass is 10.0. The summed E-state index contributed by atoms with van der Waals surface area (Å²) in [6, 6.07) is 12.8. The van der Waals surface area contributed by atoms with Crippen LogP contribution in [0.4, 0.5) is 4.79 Å². The number of carboxylic acid groups (broad SMARTS) is 1. The van der Waals surface area contributed by atoms with Gasteiger partial charge in [0.2, 0.25) is 0 Å². The minimum atomic E-state index is -1.04. The zero-order valence-corrected chi connectivity index (χ0v) is 11.5. The third kappa shape index (κ3) is 3.48. The number of halogens is 1. The van der Waals surface area contributed by atoms with Gasteiger partial charge in [-0.3, -0.25) is 0 Å². The Morgan fingerprint density at radius 3 is 2.32 bits per heavy atom. The number of amides is 1. The zero-order chi connectivity index (χ0) is 13.8. The summed E-state index contributed by atoms with van der Waals surface area (Å²) in [5.41, 5.74) is 2.87.